The molecule has 1 N–H and O–H groups in total. The van der Waals surface area contributed by atoms with E-state index in [1.807, 2.05) is 0 Å². The Balaban J connectivity index is 2.04. The molecule has 0 aromatic heterocycles. The summed E-state index contributed by atoms with van der Waals surface area (Å²) in [5.74, 6) is 0.405. The Labute approximate surface area is 181 Å². The number of esters is 1. The van der Waals surface area contributed by atoms with E-state index in [9.17, 15) is 4.79 Å². The molecule has 0 bridgehead atoms. The van der Waals surface area contributed by atoms with Gasteiger partial charge in [0.05, 0.1) is 30.9 Å². The second kappa shape index (κ2) is 11.1. The van der Waals surface area contributed by atoms with Crippen LogP contribution in [-0.4, -0.2) is 32.5 Å². The Hall–Kier alpha value is -1.96. The molecule has 2 aromatic carbocycles. The van der Waals surface area contributed by atoms with Crippen LogP contribution in [0.15, 0.2) is 39.9 Å². The van der Waals surface area contributed by atoms with Crippen molar-refractivity contribution < 1.29 is 19.0 Å². The van der Waals surface area contributed by atoms with Crippen LogP contribution in [0.2, 0.25) is 10.0 Å². The molecule has 0 amide bonds. The molecule has 0 saturated carbocycles. The third kappa shape index (κ3) is 6.29. The van der Waals surface area contributed by atoms with E-state index in [1.165, 1.54) is 7.11 Å². The second-order valence-corrected chi connectivity index (χ2v) is 7.09. The molecule has 2 aromatic rings. The van der Waals surface area contributed by atoms with Crippen LogP contribution in [0.4, 0.5) is 0 Å². The van der Waals surface area contributed by atoms with Crippen LogP contribution in [-0.2, 0) is 16.1 Å². The summed E-state index contributed by atoms with van der Waals surface area (Å²) in [5, 5.41) is 5.32. The van der Waals surface area contributed by atoms with Gasteiger partial charge in [-0.15, -0.1) is 0 Å². The minimum absolute atomic E-state index is 0.212. The zero-order chi connectivity index (χ0) is 20.5. The van der Waals surface area contributed by atoms with E-state index in [0.29, 0.717) is 39.2 Å². The fourth-order valence-corrected chi connectivity index (χ4v) is 3.34. The van der Waals surface area contributed by atoms with Crippen LogP contribution in [0.25, 0.3) is 0 Å². The maximum Gasteiger partial charge on any atom is 0.344 e. The lowest BCUT2D eigenvalue weighted by Gasteiger charge is -2.13. The van der Waals surface area contributed by atoms with Crippen LogP contribution in [0.3, 0.4) is 0 Å². The molecule has 0 saturated heterocycles. The van der Waals surface area contributed by atoms with Gasteiger partial charge in [-0.2, -0.15) is 5.10 Å². The van der Waals surface area contributed by atoms with Gasteiger partial charge in [-0.1, -0.05) is 29.3 Å². The number of benzene rings is 2. The van der Waals surface area contributed by atoms with Gasteiger partial charge < -0.3 is 19.6 Å². The van der Waals surface area contributed by atoms with E-state index < -0.39 is 5.97 Å². The van der Waals surface area contributed by atoms with E-state index in [2.05, 4.69) is 26.5 Å². The highest BCUT2D eigenvalue weighted by atomic mass is 79.9. The normalized spacial score (nSPS) is 10.8. The summed E-state index contributed by atoms with van der Waals surface area (Å²) >= 11 is 15.7. The van der Waals surface area contributed by atoms with Crippen molar-refractivity contribution in [2.24, 2.45) is 5.10 Å². The predicted molar refractivity (Wildman–Crippen MR) is 114 cm³/mol. The molecule has 0 spiro atoms. The number of hydrogen-bond acceptors (Lipinski definition) is 6. The summed E-state index contributed by atoms with van der Waals surface area (Å²) in [4.78, 5) is 11.5. The third-order valence-corrected chi connectivity index (χ3v) is 4.81. The van der Waals surface area contributed by atoms with E-state index in [-0.39, 0.29) is 6.61 Å². The molecule has 2 rings (SSSR count). The molecular weight excluding hydrogens is 471 g/mol. The first-order valence-corrected chi connectivity index (χ1v) is 9.85. The highest BCUT2D eigenvalue weighted by molar-refractivity contribution is 9.10. The van der Waals surface area contributed by atoms with Gasteiger partial charge in [-0.3, -0.25) is 0 Å². The number of nitrogens with one attached hydrogen (secondary N) is 1. The summed E-state index contributed by atoms with van der Waals surface area (Å²) in [6.45, 7) is 2.20. The summed E-state index contributed by atoms with van der Waals surface area (Å²) in [5.41, 5.74) is 4.43. The molecule has 0 atom stereocenters. The lowest BCUT2D eigenvalue weighted by molar-refractivity contribution is -0.145. The Morgan fingerprint density at radius 3 is 2.64 bits per heavy atom. The molecule has 0 fully saturated rings. The molecule has 0 radical (unpaired) electrons. The zero-order valence-corrected chi connectivity index (χ0v) is 18.4. The maximum absolute atomic E-state index is 11.5. The number of hydrazone groups is 1. The summed E-state index contributed by atoms with van der Waals surface area (Å²) in [6.07, 6.45) is 1.62. The predicted octanol–water partition coefficient (Wildman–Crippen LogP) is 4.83. The lowest BCUT2D eigenvalue weighted by atomic mass is 10.2. The minimum atomic E-state index is -0.454. The summed E-state index contributed by atoms with van der Waals surface area (Å²) < 4.78 is 16.3. The van der Waals surface area contributed by atoms with Crippen LogP contribution in [0.5, 0.6) is 11.5 Å². The van der Waals surface area contributed by atoms with Crippen molar-refractivity contribution in [3.8, 4) is 11.5 Å². The smallest absolute Gasteiger partial charge is 0.344 e. The van der Waals surface area contributed by atoms with E-state index in [1.54, 1.807) is 43.5 Å². The number of methoxy groups -OCH3 is 1. The molecule has 0 aliphatic heterocycles. The Bertz CT molecular complexity index is 842. The molecule has 0 aliphatic rings. The van der Waals surface area contributed by atoms with E-state index in [4.69, 9.17) is 37.4 Å². The SMILES string of the molecule is CCOC(=O)COc1c(Br)cc(/C=N/NCc2c(Cl)cccc2Cl)cc1OC. The zero-order valence-electron chi connectivity index (χ0n) is 15.3. The van der Waals surface area contributed by atoms with E-state index in [0.717, 1.165) is 11.1 Å². The van der Waals surface area contributed by atoms with Crippen LogP contribution < -0.4 is 14.9 Å². The molecule has 0 heterocycles. The maximum atomic E-state index is 11.5. The van der Waals surface area contributed by atoms with Crippen LogP contribution in [0, 0.1) is 0 Å². The molecule has 28 heavy (non-hydrogen) atoms. The molecule has 0 unspecified atom stereocenters. The number of carbonyl (C=O) groups excluding carboxylic acids is 1. The van der Waals surface area contributed by atoms with Gasteiger partial charge in [0.1, 0.15) is 0 Å². The quantitative estimate of drug-likeness (QED) is 0.310. The molecule has 6 nitrogen and oxygen atoms in total. The monoisotopic (exact) mass is 488 g/mol. The van der Waals surface area contributed by atoms with E-state index >= 15 is 0 Å². The fourth-order valence-electron chi connectivity index (χ4n) is 2.23. The average molecular weight is 490 g/mol. The number of rotatable bonds is 9. The fraction of sp³-hybridized carbons (Fsp3) is 0.263. The molecule has 150 valence electrons. The van der Waals surface area contributed by atoms with Gasteiger partial charge in [0.2, 0.25) is 0 Å². The van der Waals surface area contributed by atoms with Crippen molar-refractivity contribution in [3.63, 3.8) is 0 Å². The minimum Gasteiger partial charge on any atom is -0.493 e. The van der Waals surface area contributed by atoms with Gasteiger partial charge in [-0.25, -0.2) is 4.79 Å². The van der Waals surface area contributed by atoms with Crippen molar-refractivity contribution in [2.75, 3.05) is 20.3 Å². The Morgan fingerprint density at radius 1 is 1.29 bits per heavy atom. The van der Waals surface area contributed by atoms with Gasteiger partial charge in [-0.05, 0) is 52.7 Å². The molecular formula is C19H19BrCl2N2O4. The van der Waals surface area contributed by atoms with Gasteiger partial charge in [0.15, 0.2) is 18.1 Å². The highest BCUT2D eigenvalue weighted by Crippen LogP contribution is 2.36. The third-order valence-electron chi connectivity index (χ3n) is 3.51. The number of ether oxygens (including phenoxy) is 3. The van der Waals surface area contributed by atoms with Crippen molar-refractivity contribution in [2.45, 2.75) is 13.5 Å². The van der Waals surface area contributed by atoms with Crippen molar-refractivity contribution >= 4 is 51.3 Å². The molecule has 9 heteroatoms. The lowest BCUT2D eigenvalue weighted by Crippen LogP contribution is -2.15. The Morgan fingerprint density at radius 2 is 2.00 bits per heavy atom. The number of halogens is 3. The number of nitrogens with zero attached hydrogens (tertiary/aromatic N) is 1. The van der Waals surface area contributed by atoms with Crippen LogP contribution >= 0.6 is 39.1 Å². The van der Waals surface area contributed by atoms with Gasteiger partial charge >= 0.3 is 5.97 Å². The average Bonchev–Trinajstić information content (AvgIpc) is 2.66. The highest BCUT2D eigenvalue weighted by Gasteiger charge is 2.13. The standard InChI is InChI=1S/C19H19BrCl2N2O4/c1-3-27-18(25)11-28-19-14(20)7-12(8-17(19)26-2)9-23-24-10-13-15(21)5-4-6-16(13)22/h4-9,24H,3,10-11H2,1-2H3/b23-9+. The van der Waals surface area contributed by atoms with Crippen molar-refractivity contribution in [1.82, 2.24) is 5.43 Å². The second-order valence-electron chi connectivity index (χ2n) is 5.42. The summed E-state index contributed by atoms with van der Waals surface area (Å²) in [7, 11) is 1.51. The first kappa shape index (κ1) is 22.3. The Kier molecular flexibility index (Phi) is 8.89. The van der Waals surface area contributed by atoms with Crippen LogP contribution in [0.1, 0.15) is 18.1 Å². The molecule has 0 aliphatic carbocycles. The van der Waals surface area contributed by atoms with Gasteiger partial charge in [0, 0.05) is 15.6 Å². The first-order valence-electron chi connectivity index (χ1n) is 8.31. The topological polar surface area (TPSA) is 69.2 Å². The number of hydrogen-bond donors (Lipinski definition) is 1. The van der Waals surface area contributed by atoms with Crippen molar-refractivity contribution in [3.05, 3.63) is 56.0 Å². The largest absolute Gasteiger partial charge is 0.493 e. The number of carbonyl (C=O) groups is 1. The summed E-state index contributed by atoms with van der Waals surface area (Å²) in [6, 6.07) is 8.85. The van der Waals surface area contributed by atoms with Gasteiger partial charge in [0.25, 0.3) is 0 Å². The van der Waals surface area contributed by atoms with Crippen molar-refractivity contribution in [1.29, 1.82) is 0 Å². The first-order chi connectivity index (χ1) is 13.5.